The van der Waals surface area contributed by atoms with E-state index in [0.717, 1.165) is 22.4 Å². The van der Waals surface area contributed by atoms with Crippen LogP contribution in [0.1, 0.15) is 29.2 Å². The van der Waals surface area contributed by atoms with Crippen LogP contribution in [-0.2, 0) is 4.79 Å². The monoisotopic (exact) mass is 310 g/mol. The van der Waals surface area contributed by atoms with Gasteiger partial charge >= 0.3 is 0 Å². The summed E-state index contributed by atoms with van der Waals surface area (Å²) in [4.78, 5) is 11.8. The van der Waals surface area contributed by atoms with Gasteiger partial charge in [0.1, 0.15) is 5.75 Å². The predicted molar refractivity (Wildman–Crippen MR) is 92.9 cm³/mol. The maximum Gasteiger partial charge on any atom is 0.277 e. The van der Waals surface area contributed by atoms with E-state index < -0.39 is 0 Å². The second kappa shape index (κ2) is 7.58. The van der Waals surface area contributed by atoms with E-state index in [1.165, 1.54) is 5.56 Å². The first-order chi connectivity index (χ1) is 11.0. The molecule has 0 saturated heterocycles. The molecule has 2 aromatic rings. The topological polar surface area (TPSA) is 50.7 Å². The first-order valence-corrected chi connectivity index (χ1v) is 7.56. The lowest BCUT2D eigenvalue weighted by atomic mass is 10.1. The van der Waals surface area contributed by atoms with E-state index in [0.29, 0.717) is 5.75 Å². The SMILES string of the molecule is C/C(=N\NC(=O)COc1ccc(C)cc1C)c1ccc(C)cc1. The van der Waals surface area contributed by atoms with E-state index in [1.807, 2.05) is 70.2 Å². The number of nitrogens with zero attached hydrogens (tertiary/aromatic N) is 1. The number of hydrazone groups is 1. The maximum atomic E-state index is 11.8. The van der Waals surface area contributed by atoms with E-state index in [-0.39, 0.29) is 12.5 Å². The fraction of sp³-hybridized carbons (Fsp3) is 0.263. The molecule has 0 atom stereocenters. The van der Waals surface area contributed by atoms with Gasteiger partial charge in [-0.1, -0.05) is 47.5 Å². The minimum Gasteiger partial charge on any atom is -0.483 e. The second-order valence-electron chi connectivity index (χ2n) is 5.66. The fourth-order valence-electron chi connectivity index (χ4n) is 2.14. The molecule has 120 valence electrons. The second-order valence-corrected chi connectivity index (χ2v) is 5.66. The van der Waals surface area contributed by atoms with Gasteiger partial charge in [0.2, 0.25) is 0 Å². The van der Waals surface area contributed by atoms with E-state index in [1.54, 1.807) is 0 Å². The molecular formula is C19H22N2O2. The minimum absolute atomic E-state index is 0.0609. The van der Waals surface area contributed by atoms with E-state index in [2.05, 4.69) is 10.5 Å². The Bertz CT molecular complexity index is 719. The van der Waals surface area contributed by atoms with Crippen molar-refractivity contribution in [1.29, 1.82) is 0 Å². The average Bonchev–Trinajstić information content (AvgIpc) is 2.52. The molecule has 0 bridgehead atoms. The maximum absolute atomic E-state index is 11.8. The van der Waals surface area contributed by atoms with Crippen LogP contribution in [0.15, 0.2) is 47.6 Å². The van der Waals surface area contributed by atoms with Gasteiger partial charge in [-0.2, -0.15) is 5.10 Å². The molecule has 0 aliphatic heterocycles. The quantitative estimate of drug-likeness (QED) is 0.678. The normalized spacial score (nSPS) is 11.2. The van der Waals surface area contributed by atoms with Crippen molar-refractivity contribution < 1.29 is 9.53 Å². The Balaban J connectivity index is 1.89. The number of amides is 1. The molecule has 4 heteroatoms. The first-order valence-electron chi connectivity index (χ1n) is 7.56. The number of carbonyl (C=O) groups excluding carboxylic acids is 1. The number of rotatable bonds is 5. The molecule has 0 aliphatic carbocycles. The molecule has 1 amide bonds. The molecule has 2 rings (SSSR count). The molecule has 0 heterocycles. The Morgan fingerprint density at radius 2 is 1.70 bits per heavy atom. The predicted octanol–water partition coefficient (Wildman–Crippen LogP) is 3.53. The van der Waals surface area contributed by atoms with Gasteiger partial charge in [0.15, 0.2) is 6.61 Å². The Hall–Kier alpha value is -2.62. The first kappa shape index (κ1) is 16.7. The highest BCUT2D eigenvalue weighted by Crippen LogP contribution is 2.18. The zero-order valence-electron chi connectivity index (χ0n) is 14.0. The molecule has 0 aliphatic rings. The van der Waals surface area contributed by atoms with Gasteiger partial charge < -0.3 is 4.74 Å². The van der Waals surface area contributed by atoms with Crippen molar-refractivity contribution in [2.24, 2.45) is 5.10 Å². The molecule has 0 fully saturated rings. The van der Waals surface area contributed by atoms with Crippen molar-refractivity contribution >= 4 is 11.6 Å². The largest absolute Gasteiger partial charge is 0.483 e. The zero-order chi connectivity index (χ0) is 16.8. The highest BCUT2D eigenvalue weighted by molar-refractivity contribution is 5.99. The molecule has 2 aromatic carbocycles. The molecule has 1 N–H and O–H groups in total. The van der Waals surface area contributed by atoms with Crippen molar-refractivity contribution in [1.82, 2.24) is 5.43 Å². The van der Waals surface area contributed by atoms with Gasteiger partial charge in [-0.3, -0.25) is 4.79 Å². The van der Waals surface area contributed by atoms with Gasteiger partial charge in [0.05, 0.1) is 5.71 Å². The summed E-state index contributed by atoms with van der Waals surface area (Å²) < 4.78 is 5.53. The van der Waals surface area contributed by atoms with Gasteiger partial charge in [-0.05, 0) is 44.9 Å². The highest BCUT2D eigenvalue weighted by Gasteiger charge is 2.05. The lowest BCUT2D eigenvalue weighted by Crippen LogP contribution is -2.25. The Kier molecular flexibility index (Phi) is 5.52. The third-order valence-electron chi connectivity index (χ3n) is 3.51. The van der Waals surface area contributed by atoms with Gasteiger partial charge in [-0.25, -0.2) is 5.43 Å². The van der Waals surface area contributed by atoms with Crippen LogP contribution in [0, 0.1) is 20.8 Å². The lowest BCUT2D eigenvalue weighted by Gasteiger charge is -2.09. The summed E-state index contributed by atoms with van der Waals surface area (Å²) in [7, 11) is 0. The number of hydrogen-bond acceptors (Lipinski definition) is 3. The van der Waals surface area contributed by atoms with Crippen molar-refractivity contribution in [2.45, 2.75) is 27.7 Å². The molecule has 23 heavy (non-hydrogen) atoms. The van der Waals surface area contributed by atoms with E-state index >= 15 is 0 Å². The van der Waals surface area contributed by atoms with Crippen LogP contribution in [0.3, 0.4) is 0 Å². The Labute approximate surface area is 137 Å². The summed E-state index contributed by atoms with van der Waals surface area (Å²) >= 11 is 0. The van der Waals surface area contributed by atoms with Crippen molar-refractivity contribution in [3.8, 4) is 5.75 Å². The van der Waals surface area contributed by atoms with Crippen LogP contribution in [0.2, 0.25) is 0 Å². The van der Waals surface area contributed by atoms with Crippen LogP contribution in [-0.4, -0.2) is 18.2 Å². The third kappa shape index (κ3) is 4.95. The van der Waals surface area contributed by atoms with Crippen molar-refractivity contribution in [3.05, 3.63) is 64.7 Å². The minimum atomic E-state index is -0.281. The van der Waals surface area contributed by atoms with Crippen molar-refractivity contribution in [2.75, 3.05) is 6.61 Å². The van der Waals surface area contributed by atoms with Crippen LogP contribution in [0.25, 0.3) is 0 Å². The van der Waals surface area contributed by atoms with E-state index in [4.69, 9.17) is 4.74 Å². The number of ether oxygens (including phenoxy) is 1. The molecule has 0 unspecified atom stereocenters. The fourth-order valence-corrected chi connectivity index (χ4v) is 2.14. The molecule has 0 radical (unpaired) electrons. The van der Waals surface area contributed by atoms with Gasteiger partial charge in [-0.15, -0.1) is 0 Å². The summed E-state index contributed by atoms with van der Waals surface area (Å²) in [6.45, 7) is 7.80. The summed E-state index contributed by atoms with van der Waals surface area (Å²) in [6.07, 6.45) is 0. The smallest absolute Gasteiger partial charge is 0.277 e. The number of hydrogen-bond donors (Lipinski definition) is 1. The zero-order valence-corrected chi connectivity index (χ0v) is 14.0. The molecule has 0 aromatic heterocycles. The summed E-state index contributed by atoms with van der Waals surface area (Å²) in [5, 5.41) is 4.11. The molecule has 0 spiro atoms. The van der Waals surface area contributed by atoms with Gasteiger partial charge in [0, 0.05) is 0 Å². The number of nitrogens with one attached hydrogen (secondary N) is 1. The molecule has 0 saturated carbocycles. The third-order valence-corrected chi connectivity index (χ3v) is 3.51. The summed E-state index contributed by atoms with van der Waals surface area (Å²) in [6, 6.07) is 13.8. The summed E-state index contributed by atoms with van der Waals surface area (Å²) in [5.74, 6) is 0.432. The van der Waals surface area contributed by atoms with Crippen LogP contribution in [0.5, 0.6) is 5.75 Å². The van der Waals surface area contributed by atoms with Crippen LogP contribution < -0.4 is 10.2 Å². The standard InChI is InChI=1S/C19H22N2O2/c1-13-5-8-17(9-6-13)16(4)20-21-19(22)12-23-18-10-7-14(2)11-15(18)3/h5-11H,12H2,1-4H3,(H,21,22)/b20-16+. The number of carbonyl (C=O) groups is 1. The summed E-state index contributed by atoms with van der Waals surface area (Å²) in [5.41, 5.74) is 7.62. The van der Waals surface area contributed by atoms with Crippen LogP contribution in [0.4, 0.5) is 0 Å². The number of benzene rings is 2. The highest BCUT2D eigenvalue weighted by atomic mass is 16.5. The van der Waals surface area contributed by atoms with Crippen LogP contribution >= 0.6 is 0 Å². The van der Waals surface area contributed by atoms with E-state index in [9.17, 15) is 4.79 Å². The molecular weight excluding hydrogens is 288 g/mol. The van der Waals surface area contributed by atoms with Gasteiger partial charge in [0.25, 0.3) is 5.91 Å². The Morgan fingerprint density at radius 1 is 1.04 bits per heavy atom. The molecule has 4 nitrogen and oxygen atoms in total. The van der Waals surface area contributed by atoms with Crippen molar-refractivity contribution in [3.63, 3.8) is 0 Å². The Morgan fingerprint density at radius 3 is 2.35 bits per heavy atom. The number of aryl methyl sites for hydroxylation is 3. The average molecular weight is 310 g/mol. The lowest BCUT2D eigenvalue weighted by molar-refractivity contribution is -0.123.